The van der Waals surface area contributed by atoms with Gasteiger partial charge in [0.05, 0.1) is 6.54 Å². The Kier molecular flexibility index (Phi) is 4.76. The van der Waals surface area contributed by atoms with Crippen LogP contribution in [0.5, 0.6) is 0 Å². The van der Waals surface area contributed by atoms with Gasteiger partial charge in [-0.15, -0.1) is 0 Å². The molecule has 0 aromatic carbocycles. The van der Waals surface area contributed by atoms with Gasteiger partial charge in [0.25, 0.3) is 0 Å². The minimum Gasteiger partial charge on any atom is -0.480 e. The molecule has 19 heavy (non-hydrogen) atoms. The predicted octanol–water partition coefficient (Wildman–Crippen LogP) is -0.397. The number of aliphatic carboxylic acids is 1. The number of hydrogen-bond acceptors (Lipinski definition) is 4. The molecule has 0 saturated carbocycles. The summed E-state index contributed by atoms with van der Waals surface area (Å²) in [5.41, 5.74) is 0. The van der Waals surface area contributed by atoms with Crippen LogP contribution in [0.3, 0.4) is 0 Å². The first-order valence-corrected chi connectivity index (χ1v) is 7.03. The van der Waals surface area contributed by atoms with Crippen molar-refractivity contribution in [1.82, 2.24) is 15.1 Å². The van der Waals surface area contributed by atoms with E-state index in [1.807, 2.05) is 6.92 Å². The molecule has 0 bridgehead atoms. The molecule has 6 heteroatoms. The largest absolute Gasteiger partial charge is 0.480 e. The Morgan fingerprint density at radius 1 is 1.26 bits per heavy atom. The van der Waals surface area contributed by atoms with Gasteiger partial charge in [-0.25, -0.2) is 4.79 Å². The molecule has 0 spiro atoms. The second-order valence-corrected chi connectivity index (χ2v) is 5.60. The van der Waals surface area contributed by atoms with Gasteiger partial charge in [0.1, 0.15) is 6.04 Å². The zero-order chi connectivity index (χ0) is 13.8. The van der Waals surface area contributed by atoms with Crippen LogP contribution in [0.25, 0.3) is 0 Å². The third-order valence-corrected chi connectivity index (χ3v) is 4.04. The highest BCUT2D eigenvalue weighted by atomic mass is 16.4. The zero-order valence-electron chi connectivity index (χ0n) is 11.5. The first-order valence-electron chi connectivity index (χ1n) is 7.03. The van der Waals surface area contributed by atoms with Crippen LogP contribution >= 0.6 is 0 Å². The van der Waals surface area contributed by atoms with E-state index in [0.717, 1.165) is 32.6 Å². The Morgan fingerprint density at radius 3 is 2.58 bits per heavy atom. The summed E-state index contributed by atoms with van der Waals surface area (Å²) in [5, 5.41) is 12.5. The Labute approximate surface area is 113 Å². The van der Waals surface area contributed by atoms with Crippen LogP contribution in [0.1, 0.15) is 19.8 Å². The van der Waals surface area contributed by atoms with E-state index < -0.39 is 12.0 Å². The first-order chi connectivity index (χ1) is 9.08. The van der Waals surface area contributed by atoms with E-state index in [-0.39, 0.29) is 5.91 Å². The summed E-state index contributed by atoms with van der Waals surface area (Å²) < 4.78 is 0. The number of rotatable bonds is 3. The van der Waals surface area contributed by atoms with E-state index in [1.54, 1.807) is 4.90 Å². The van der Waals surface area contributed by atoms with Crippen molar-refractivity contribution in [2.45, 2.75) is 25.8 Å². The van der Waals surface area contributed by atoms with E-state index >= 15 is 0 Å². The maximum absolute atomic E-state index is 12.3. The summed E-state index contributed by atoms with van der Waals surface area (Å²) in [6.07, 6.45) is 1.47. The standard InChI is InChI=1S/C13H23N3O3/c1-10-2-5-16(11(8-10)13(18)19)12(17)9-15-6-3-14-4-7-15/h10-11,14H,2-9H2,1H3,(H,18,19). The minimum atomic E-state index is -0.875. The van der Waals surface area contributed by atoms with Crippen LogP contribution in [-0.2, 0) is 9.59 Å². The van der Waals surface area contributed by atoms with E-state index in [2.05, 4.69) is 10.2 Å². The number of likely N-dealkylation sites (tertiary alicyclic amines) is 1. The van der Waals surface area contributed by atoms with Crippen molar-refractivity contribution < 1.29 is 14.7 Å². The second-order valence-electron chi connectivity index (χ2n) is 5.60. The normalized spacial score (nSPS) is 29.2. The number of carbonyl (C=O) groups is 2. The van der Waals surface area contributed by atoms with E-state index in [9.17, 15) is 14.7 Å². The molecular formula is C13H23N3O3. The number of amides is 1. The number of piperidine rings is 1. The quantitative estimate of drug-likeness (QED) is 0.729. The topological polar surface area (TPSA) is 72.9 Å². The fourth-order valence-corrected chi connectivity index (χ4v) is 2.83. The van der Waals surface area contributed by atoms with Gasteiger partial charge in [0.2, 0.25) is 5.91 Å². The molecule has 6 nitrogen and oxygen atoms in total. The number of carboxylic acid groups (broad SMARTS) is 1. The Bertz CT molecular complexity index is 342. The van der Waals surface area contributed by atoms with Gasteiger partial charge in [0, 0.05) is 32.7 Å². The van der Waals surface area contributed by atoms with Crippen molar-refractivity contribution in [3.63, 3.8) is 0 Å². The van der Waals surface area contributed by atoms with Crippen molar-refractivity contribution in [2.24, 2.45) is 5.92 Å². The van der Waals surface area contributed by atoms with Crippen LogP contribution < -0.4 is 5.32 Å². The molecule has 108 valence electrons. The number of carbonyl (C=O) groups excluding carboxylic acids is 1. The minimum absolute atomic E-state index is 0.0406. The number of nitrogens with zero attached hydrogens (tertiary/aromatic N) is 2. The maximum Gasteiger partial charge on any atom is 0.326 e. The second kappa shape index (κ2) is 6.34. The lowest BCUT2D eigenvalue weighted by molar-refractivity contribution is -0.153. The summed E-state index contributed by atoms with van der Waals surface area (Å²) in [6.45, 7) is 6.47. The third kappa shape index (κ3) is 3.67. The van der Waals surface area contributed by atoms with E-state index in [1.165, 1.54) is 0 Å². The van der Waals surface area contributed by atoms with Crippen LogP contribution in [0.4, 0.5) is 0 Å². The van der Waals surface area contributed by atoms with E-state index in [4.69, 9.17) is 0 Å². The van der Waals surface area contributed by atoms with Crippen LogP contribution in [-0.4, -0.2) is 72.1 Å². The lowest BCUT2D eigenvalue weighted by atomic mass is 9.92. The zero-order valence-corrected chi connectivity index (χ0v) is 11.5. The van der Waals surface area contributed by atoms with Gasteiger partial charge in [-0.2, -0.15) is 0 Å². The molecule has 2 unspecified atom stereocenters. The summed E-state index contributed by atoms with van der Waals surface area (Å²) in [5.74, 6) is -0.536. The fraction of sp³-hybridized carbons (Fsp3) is 0.846. The highest BCUT2D eigenvalue weighted by Gasteiger charge is 2.35. The van der Waals surface area contributed by atoms with E-state index in [0.29, 0.717) is 25.4 Å². The number of hydrogen-bond donors (Lipinski definition) is 2. The third-order valence-electron chi connectivity index (χ3n) is 4.04. The van der Waals surface area contributed by atoms with Gasteiger partial charge < -0.3 is 15.3 Å². The molecule has 2 rings (SSSR count). The van der Waals surface area contributed by atoms with Crippen LogP contribution in [0.2, 0.25) is 0 Å². The molecule has 2 atom stereocenters. The summed E-state index contributed by atoms with van der Waals surface area (Å²) >= 11 is 0. The molecule has 2 N–H and O–H groups in total. The van der Waals surface area contributed by atoms with Gasteiger partial charge in [-0.1, -0.05) is 6.92 Å². The van der Waals surface area contributed by atoms with Gasteiger partial charge in [0.15, 0.2) is 0 Å². The molecule has 0 aromatic rings. The Hall–Kier alpha value is -1.14. The SMILES string of the molecule is CC1CCN(C(=O)CN2CCNCC2)C(C(=O)O)C1. The van der Waals surface area contributed by atoms with Gasteiger partial charge in [-0.3, -0.25) is 9.69 Å². The lowest BCUT2D eigenvalue weighted by Crippen LogP contribution is -2.54. The summed E-state index contributed by atoms with van der Waals surface area (Å²) in [6, 6.07) is -0.640. The molecule has 2 aliphatic heterocycles. The van der Waals surface area contributed by atoms with Crippen molar-refractivity contribution in [1.29, 1.82) is 0 Å². The van der Waals surface area contributed by atoms with Crippen molar-refractivity contribution in [2.75, 3.05) is 39.3 Å². The number of piperazine rings is 1. The fourth-order valence-electron chi connectivity index (χ4n) is 2.83. The summed E-state index contributed by atoms with van der Waals surface area (Å²) in [4.78, 5) is 27.2. The van der Waals surface area contributed by atoms with Crippen LogP contribution in [0, 0.1) is 5.92 Å². The molecule has 0 radical (unpaired) electrons. The predicted molar refractivity (Wildman–Crippen MR) is 70.8 cm³/mol. The average molecular weight is 269 g/mol. The Balaban J connectivity index is 1.93. The van der Waals surface area contributed by atoms with Crippen molar-refractivity contribution >= 4 is 11.9 Å². The lowest BCUT2D eigenvalue weighted by Gasteiger charge is -2.37. The highest BCUT2D eigenvalue weighted by Crippen LogP contribution is 2.23. The molecule has 2 heterocycles. The molecule has 1 amide bonds. The summed E-state index contributed by atoms with van der Waals surface area (Å²) in [7, 11) is 0. The number of nitrogens with one attached hydrogen (secondary N) is 1. The molecule has 2 aliphatic rings. The molecule has 0 aliphatic carbocycles. The smallest absolute Gasteiger partial charge is 0.326 e. The average Bonchev–Trinajstić information content (AvgIpc) is 2.39. The Morgan fingerprint density at radius 2 is 1.95 bits per heavy atom. The number of carboxylic acids is 1. The molecule has 2 saturated heterocycles. The molecule has 0 aromatic heterocycles. The van der Waals surface area contributed by atoms with Crippen molar-refractivity contribution in [3.05, 3.63) is 0 Å². The van der Waals surface area contributed by atoms with Crippen LogP contribution in [0.15, 0.2) is 0 Å². The van der Waals surface area contributed by atoms with Gasteiger partial charge in [-0.05, 0) is 18.8 Å². The molecule has 2 fully saturated rings. The highest BCUT2D eigenvalue weighted by molar-refractivity contribution is 5.85. The maximum atomic E-state index is 12.3. The van der Waals surface area contributed by atoms with Crippen molar-refractivity contribution in [3.8, 4) is 0 Å². The first kappa shape index (κ1) is 14.3. The molecular weight excluding hydrogens is 246 g/mol. The monoisotopic (exact) mass is 269 g/mol. The van der Waals surface area contributed by atoms with Gasteiger partial charge >= 0.3 is 5.97 Å².